The van der Waals surface area contributed by atoms with Crippen molar-refractivity contribution >= 4 is 38.9 Å². The van der Waals surface area contributed by atoms with Crippen LogP contribution in [0.5, 0.6) is 0 Å². The van der Waals surface area contributed by atoms with Gasteiger partial charge in [-0.2, -0.15) is 0 Å². The van der Waals surface area contributed by atoms with E-state index in [0.717, 1.165) is 0 Å². The van der Waals surface area contributed by atoms with Crippen molar-refractivity contribution in [2.45, 2.75) is 30.1 Å². The molecule has 2 unspecified atom stereocenters. The van der Waals surface area contributed by atoms with Crippen molar-refractivity contribution in [2.24, 2.45) is 5.41 Å². The van der Waals surface area contributed by atoms with Crippen molar-refractivity contribution in [1.29, 1.82) is 0 Å². The average molecular weight is 286 g/mol. The van der Waals surface area contributed by atoms with E-state index in [0.29, 0.717) is 12.8 Å². The van der Waals surface area contributed by atoms with Gasteiger partial charge in [0.2, 0.25) is 5.91 Å². The maximum absolute atomic E-state index is 11.8. The number of amides is 1. The fraction of sp³-hybridized carbons (Fsp3) is 0.889. The Morgan fingerprint density at radius 2 is 2.00 bits per heavy atom. The van der Waals surface area contributed by atoms with E-state index in [1.165, 1.54) is 0 Å². The predicted molar refractivity (Wildman–Crippen MR) is 62.4 cm³/mol. The number of alkyl halides is 2. The van der Waals surface area contributed by atoms with E-state index in [4.69, 9.17) is 23.2 Å². The number of rotatable bonds is 2. The molecule has 1 heterocycles. The lowest BCUT2D eigenvalue weighted by Gasteiger charge is -2.16. The Morgan fingerprint density at radius 3 is 2.38 bits per heavy atom. The van der Waals surface area contributed by atoms with Gasteiger partial charge in [0.05, 0.1) is 16.9 Å². The molecule has 1 N–H and O–H groups in total. The fourth-order valence-electron chi connectivity index (χ4n) is 1.90. The second kappa shape index (κ2) is 3.50. The average Bonchev–Trinajstić information content (AvgIpc) is 2.48. The summed E-state index contributed by atoms with van der Waals surface area (Å²) in [5.41, 5.74) is -0.775. The molecule has 0 spiro atoms. The van der Waals surface area contributed by atoms with Crippen molar-refractivity contribution in [3.63, 3.8) is 0 Å². The maximum Gasteiger partial charge on any atom is 0.229 e. The molecule has 1 saturated carbocycles. The normalized spacial score (nSPS) is 39.3. The second-order valence-corrected chi connectivity index (χ2v) is 8.50. The molecular weight excluding hydrogens is 273 g/mol. The van der Waals surface area contributed by atoms with Gasteiger partial charge in [0.15, 0.2) is 9.84 Å². The molecule has 0 bridgehead atoms. The lowest BCUT2D eigenvalue weighted by Crippen LogP contribution is -2.41. The molecule has 2 rings (SSSR count). The van der Waals surface area contributed by atoms with Crippen LogP contribution >= 0.6 is 23.2 Å². The van der Waals surface area contributed by atoms with Crippen molar-refractivity contribution in [3.05, 3.63) is 0 Å². The van der Waals surface area contributed by atoms with Gasteiger partial charge >= 0.3 is 0 Å². The zero-order chi connectivity index (χ0) is 12.2. The highest BCUT2D eigenvalue weighted by molar-refractivity contribution is 7.91. The molecule has 1 amide bonds. The van der Waals surface area contributed by atoms with E-state index in [1.54, 1.807) is 6.92 Å². The third-order valence-corrected chi connectivity index (χ3v) is 6.20. The molecule has 2 fully saturated rings. The molecule has 16 heavy (non-hydrogen) atoms. The van der Waals surface area contributed by atoms with E-state index in [-0.39, 0.29) is 23.5 Å². The third-order valence-electron chi connectivity index (χ3n) is 3.33. The molecular formula is C9H13Cl2NO3S. The SMILES string of the molecule is CC1(C(=O)NC2CCS(=O)(=O)C2)CC1(Cl)Cl. The third kappa shape index (κ3) is 2.05. The molecule has 0 aromatic heterocycles. The molecule has 2 atom stereocenters. The summed E-state index contributed by atoms with van der Waals surface area (Å²) < 4.78 is 21.4. The molecule has 0 aromatic rings. The van der Waals surface area contributed by atoms with Crippen LogP contribution in [0.1, 0.15) is 19.8 Å². The van der Waals surface area contributed by atoms with Crippen LogP contribution in [0.4, 0.5) is 0 Å². The standard InChI is InChI=1S/C9H13Cl2NO3S/c1-8(5-9(8,10)11)7(13)12-6-2-3-16(14,15)4-6/h6H,2-5H2,1H3,(H,12,13). The Bertz CT molecular complexity index is 434. The summed E-state index contributed by atoms with van der Waals surface area (Å²) in [5.74, 6) is -0.0897. The van der Waals surface area contributed by atoms with Crippen LogP contribution in [0.15, 0.2) is 0 Å². The maximum atomic E-state index is 11.8. The highest BCUT2D eigenvalue weighted by atomic mass is 35.5. The molecule has 4 nitrogen and oxygen atoms in total. The summed E-state index contributed by atoms with van der Waals surface area (Å²) in [6.07, 6.45) is 0.885. The molecule has 1 saturated heterocycles. The van der Waals surface area contributed by atoms with Crippen molar-refractivity contribution in [2.75, 3.05) is 11.5 Å². The Hall–Kier alpha value is -0.000000000000000111. The molecule has 92 valence electrons. The Morgan fingerprint density at radius 1 is 1.44 bits per heavy atom. The van der Waals surface area contributed by atoms with Crippen LogP contribution in [-0.2, 0) is 14.6 Å². The number of carbonyl (C=O) groups excluding carboxylic acids is 1. The second-order valence-electron chi connectivity index (χ2n) is 4.79. The van der Waals surface area contributed by atoms with Crippen LogP contribution < -0.4 is 5.32 Å². The first-order valence-electron chi connectivity index (χ1n) is 5.06. The van der Waals surface area contributed by atoms with E-state index in [2.05, 4.69) is 5.32 Å². The van der Waals surface area contributed by atoms with E-state index in [1.807, 2.05) is 0 Å². The van der Waals surface area contributed by atoms with Gasteiger partial charge in [-0.1, -0.05) is 0 Å². The van der Waals surface area contributed by atoms with Crippen LogP contribution in [0.25, 0.3) is 0 Å². The minimum Gasteiger partial charge on any atom is -0.352 e. The largest absolute Gasteiger partial charge is 0.352 e. The molecule has 1 aliphatic heterocycles. The highest BCUT2D eigenvalue weighted by Crippen LogP contribution is 2.63. The lowest BCUT2D eigenvalue weighted by molar-refractivity contribution is -0.126. The summed E-state index contributed by atoms with van der Waals surface area (Å²) >= 11 is 11.7. The zero-order valence-corrected chi connectivity index (χ0v) is 11.1. The smallest absolute Gasteiger partial charge is 0.229 e. The van der Waals surface area contributed by atoms with Gasteiger partial charge in [-0.15, -0.1) is 23.2 Å². The molecule has 0 radical (unpaired) electrons. The molecule has 1 aliphatic carbocycles. The van der Waals surface area contributed by atoms with Gasteiger partial charge in [0, 0.05) is 6.04 Å². The van der Waals surface area contributed by atoms with E-state index >= 15 is 0 Å². The van der Waals surface area contributed by atoms with Crippen molar-refractivity contribution in [1.82, 2.24) is 5.32 Å². The van der Waals surface area contributed by atoms with Gasteiger partial charge in [-0.3, -0.25) is 4.79 Å². The van der Waals surface area contributed by atoms with Crippen LogP contribution in [0.2, 0.25) is 0 Å². The molecule has 0 aromatic carbocycles. The predicted octanol–water partition coefficient (Wildman–Crippen LogP) is 0.874. The van der Waals surface area contributed by atoms with Crippen LogP contribution in [0, 0.1) is 5.41 Å². The monoisotopic (exact) mass is 285 g/mol. The topological polar surface area (TPSA) is 63.2 Å². The minimum atomic E-state index is -2.98. The quantitative estimate of drug-likeness (QED) is 0.766. The number of nitrogens with one attached hydrogen (secondary N) is 1. The van der Waals surface area contributed by atoms with Gasteiger partial charge in [0.25, 0.3) is 0 Å². The Kier molecular flexibility index (Phi) is 2.72. The number of hydrogen-bond acceptors (Lipinski definition) is 3. The van der Waals surface area contributed by atoms with Crippen LogP contribution in [-0.4, -0.2) is 36.2 Å². The van der Waals surface area contributed by atoms with Gasteiger partial charge in [-0.05, 0) is 19.8 Å². The Labute approximate surface area is 105 Å². The fourth-order valence-corrected chi connectivity index (χ4v) is 4.28. The first-order chi connectivity index (χ1) is 7.16. The highest BCUT2D eigenvalue weighted by Gasteiger charge is 2.68. The zero-order valence-electron chi connectivity index (χ0n) is 8.79. The molecule has 7 heteroatoms. The number of hydrogen-bond donors (Lipinski definition) is 1. The summed E-state index contributed by atoms with van der Waals surface area (Å²) in [6, 6.07) is -0.293. The van der Waals surface area contributed by atoms with Crippen molar-refractivity contribution in [3.8, 4) is 0 Å². The summed E-state index contributed by atoms with van der Waals surface area (Å²) in [6.45, 7) is 1.69. The summed E-state index contributed by atoms with van der Waals surface area (Å²) in [7, 11) is -2.98. The minimum absolute atomic E-state index is 0.0202. The lowest BCUT2D eigenvalue weighted by atomic mass is 10.1. The van der Waals surface area contributed by atoms with Crippen molar-refractivity contribution < 1.29 is 13.2 Å². The van der Waals surface area contributed by atoms with Gasteiger partial charge < -0.3 is 5.32 Å². The van der Waals surface area contributed by atoms with Gasteiger partial charge in [-0.25, -0.2) is 8.42 Å². The number of halogens is 2. The first-order valence-corrected chi connectivity index (χ1v) is 7.63. The van der Waals surface area contributed by atoms with E-state index in [9.17, 15) is 13.2 Å². The summed E-state index contributed by atoms with van der Waals surface area (Å²) in [4.78, 5) is 11.8. The molecule has 2 aliphatic rings. The first kappa shape index (κ1) is 12.5. The van der Waals surface area contributed by atoms with E-state index < -0.39 is 19.6 Å². The Balaban J connectivity index is 1.96. The van der Waals surface area contributed by atoms with Crippen LogP contribution in [0.3, 0.4) is 0 Å². The van der Waals surface area contributed by atoms with Gasteiger partial charge in [0.1, 0.15) is 4.33 Å². The number of carbonyl (C=O) groups is 1. The number of sulfone groups is 1. The summed E-state index contributed by atoms with van der Waals surface area (Å²) in [5, 5.41) is 2.71.